The summed E-state index contributed by atoms with van der Waals surface area (Å²) in [5.74, 6) is 0. The van der Waals surface area contributed by atoms with E-state index in [9.17, 15) is 10.2 Å². The summed E-state index contributed by atoms with van der Waals surface area (Å²) in [5.41, 5.74) is 0. The third-order valence-corrected chi connectivity index (χ3v) is 3.99. The second kappa shape index (κ2) is 13.0. The Bertz CT molecular complexity index is 308. The monoisotopic (exact) mass is 351 g/mol. The maximum Gasteiger partial charge on any atom is 0.113 e. The predicted molar refractivity (Wildman–Crippen MR) is 88.1 cm³/mol. The molecule has 0 bridgehead atoms. The molecule has 0 aromatic rings. The van der Waals surface area contributed by atoms with Crippen LogP contribution in [0.2, 0.25) is 0 Å². The highest BCUT2D eigenvalue weighted by atomic mass is 16.6. The van der Waals surface area contributed by atoms with Crippen molar-refractivity contribution in [3.63, 3.8) is 0 Å². The highest BCUT2D eigenvalue weighted by Gasteiger charge is 2.43. The van der Waals surface area contributed by atoms with Crippen LogP contribution in [0.15, 0.2) is 0 Å². The van der Waals surface area contributed by atoms with Crippen LogP contribution in [0.25, 0.3) is 0 Å². The van der Waals surface area contributed by atoms with Crippen LogP contribution in [0, 0.1) is 0 Å². The Balaban J connectivity index is 2.13. The molecule has 0 spiro atoms. The summed E-state index contributed by atoms with van der Waals surface area (Å²) in [5, 5.41) is 22.9. The van der Waals surface area contributed by atoms with Gasteiger partial charge in [-0.05, 0) is 13.8 Å². The van der Waals surface area contributed by atoms with Crippen LogP contribution in [0.1, 0.15) is 13.8 Å². The summed E-state index contributed by atoms with van der Waals surface area (Å²) in [6.45, 7) is 7.63. The van der Waals surface area contributed by atoms with E-state index in [1.807, 2.05) is 13.8 Å². The van der Waals surface area contributed by atoms with E-state index in [1.165, 1.54) is 7.11 Å². The van der Waals surface area contributed by atoms with Gasteiger partial charge in [0.15, 0.2) is 0 Å². The largest absolute Gasteiger partial charge is 0.394 e. The zero-order valence-electron chi connectivity index (χ0n) is 15.0. The molecule has 0 saturated carbocycles. The van der Waals surface area contributed by atoms with Crippen molar-refractivity contribution in [2.24, 2.45) is 0 Å². The molecule has 3 unspecified atom stereocenters. The first-order valence-electron chi connectivity index (χ1n) is 8.59. The Hall–Kier alpha value is -0.320. The highest BCUT2D eigenvalue weighted by molar-refractivity contribution is 4.95. The third kappa shape index (κ3) is 7.28. The standard InChI is InChI=1S/C16H33NO7/c1-4-21-7-8-23-10-9-22-6-5-17-14-12(2)24-13(11-18)16(20-3)15(14)19/h12-19H,4-11H2,1-3H3/t12-,13?,14?,15?,16+/m0/s1. The fourth-order valence-corrected chi connectivity index (χ4v) is 2.75. The minimum atomic E-state index is -0.752. The van der Waals surface area contributed by atoms with Gasteiger partial charge in [-0.3, -0.25) is 0 Å². The summed E-state index contributed by atoms with van der Waals surface area (Å²) >= 11 is 0. The number of ether oxygens (including phenoxy) is 5. The summed E-state index contributed by atoms with van der Waals surface area (Å²) in [6.07, 6.45) is -2.05. The summed E-state index contributed by atoms with van der Waals surface area (Å²) in [7, 11) is 1.50. The Kier molecular flexibility index (Phi) is 11.7. The maximum absolute atomic E-state index is 10.4. The van der Waals surface area contributed by atoms with Gasteiger partial charge >= 0.3 is 0 Å². The highest BCUT2D eigenvalue weighted by Crippen LogP contribution is 2.22. The average molecular weight is 351 g/mol. The third-order valence-electron chi connectivity index (χ3n) is 3.99. The normalized spacial score (nSPS) is 30.6. The van der Waals surface area contributed by atoms with Crippen molar-refractivity contribution in [2.75, 3.05) is 59.9 Å². The van der Waals surface area contributed by atoms with Crippen LogP contribution < -0.4 is 5.32 Å². The van der Waals surface area contributed by atoms with Gasteiger partial charge in [0.1, 0.15) is 18.3 Å². The van der Waals surface area contributed by atoms with Gasteiger partial charge in [-0.1, -0.05) is 0 Å². The molecule has 0 amide bonds. The van der Waals surface area contributed by atoms with Crippen molar-refractivity contribution < 1.29 is 33.9 Å². The molecule has 8 nitrogen and oxygen atoms in total. The van der Waals surface area contributed by atoms with E-state index < -0.39 is 18.3 Å². The number of methoxy groups -OCH3 is 1. The number of hydrogen-bond donors (Lipinski definition) is 3. The fourth-order valence-electron chi connectivity index (χ4n) is 2.75. The SMILES string of the molecule is CCOCCOCCOCCNC1C(O)[C@H](OC)C(CO)O[C@H]1C. The lowest BCUT2D eigenvalue weighted by atomic mass is 9.93. The van der Waals surface area contributed by atoms with Gasteiger partial charge in [-0.2, -0.15) is 0 Å². The molecule has 1 saturated heterocycles. The van der Waals surface area contributed by atoms with Crippen molar-refractivity contribution in [1.29, 1.82) is 0 Å². The van der Waals surface area contributed by atoms with Gasteiger partial charge in [0, 0.05) is 20.3 Å². The smallest absolute Gasteiger partial charge is 0.113 e. The van der Waals surface area contributed by atoms with Gasteiger partial charge in [0.25, 0.3) is 0 Å². The van der Waals surface area contributed by atoms with Crippen LogP contribution in [-0.2, 0) is 23.7 Å². The number of aliphatic hydroxyl groups excluding tert-OH is 2. The molecule has 0 radical (unpaired) electrons. The fraction of sp³-hybridized carbons (Fsp3) is 1.00. The van der Waals surface area contributed by atoms with Crippen LogP contribution in [0.5, 0.6) is 0 Å². The lowest BCUT2D eigenvalue weighted by molar-refractivity contribution is -0.199. The van der Waals surface area contributed by atoms with E-state index in [4.69, 9.17) is 23.7 Å². The van der Waals surface area contributed by atoms with Gasteiger partial charge in [-0.15, -0.1) is 0 Å². The minimum Gasteiger partial charge on any atom is -0.394 e. The van der Waals surface area contributed by atoms with E-state index >= 15 is 0 Å². The molecular formula is C16H33NO7. The maximum atomic E-state index is 10.4. The zero-order valence-corrected chi connectivity index (χ0v) is 15.0. The zero-order chi connectivity index (χ0) is 17.8. The molecule has 1 aliphatic rings. The van der Waals surface area contributed by atoms with Gasteiger partial charge in [0.05, 0.1) is 51.8 Å². The molecule has 1 rings (SSSR count). The Morgan fingerprint density at radius 1 is 1.04 bits per heavy atom. The lowest BCUT2D eigenvalue weighted by Gasteiger charge is -2.43. The second-order valence-corrected chi connectivity index (χ2v) is 5.65. The van der Waals surface area contributed by atoms with Crippen molar-refractivity contribution in [3.05, 3.63) is 0 Å². The van der Waals surface area contributed by atoms with Crippen molar-refractivity contribution >= 4 is 0 Å². The van der Waals surface area contributed by atoms with Crippen molar-refractivity contribution in [2.45, 2.75) is 44.3 Å². The Labute approximate surface area is 144 Å². The molecule has 8 heteroatoms. The van der Waals surface area contributed by atoms with Crippen LogP contribution >= 0.6 is 0 Å². The Morgan fingerprint density at radius 3 is 2.25 bits per heavy atom. The molecule has 0 aliphatic carbocycles. The number of rotatable bonds is 13. The molecule has 1 aliphatic heterocycles. The first kappa shape index (κ1) is 21.7. The van der Waals surface area contributed by atoms with E-state index in [0.29, 0.717) is 46.2 Å². The molecule has 3 N–H and O–H groups in total. The van der Waals surface area contributed by atoms with Gasteiger partial charge < -0.3 is 39.2 Å². The second-order valence-electron chi connectivity index (χ2n) is 5.65. The van der Waals surface area contributed by atoms with E-state index in [1.54, 1.807) is 0 Å². The number of hydrogen-bond acceptors (Lipinski definition) is 8. The molecule has 0 aromatic heterocycles. The van der Waals surface area contributed by atoms with E-state index in [0.717, 1.165) is 0 Å². The predicted octanol–water partition coefficient (Wildman–Crippen LogP) is -0.830. The lowest BCUT2D eigenvalue weighted by Crippen LogP contribution is -2.63. The summed E-state index contributed by atoms with van der Waals surface area (Å²) in [4.78, 5) is 0. The molecular weight excluding hydrogens is 318 g/mol. The average Bonchev–Trinajstić information content (AvgIpc) is 2.58. The topological polar surface area (TPSA) is 98.6 Å². The van der Waals surface area contributed by atoms with Crippen LogP contribution in [0.3, 0.4) is 0 Å². The molecule has 0 aromatic carbocycles. The van der Waals surface area contributed by atoms with Crippen molar-refractivity contribution in [3.8, 4) is 0 Å². The summed E-state index contributed by atoms with van der Waals surface area (Å²) in [6, 6.07) is -0.274. The Morgan fingerprint density at radius 2 is 1.67 bits per heavy atom. The van der Waals surface area contributed by atoms with Crippen LogP contribution in [-0.4, -0.2) is 101 Å². The molecule has 1 heterocycles. The van der Waals surface area contributed by atoms with E-state index in [2.05, 4.69) is 5.32 Å². The minimum absolute atomic E-state index is 0.182. The van der Waals surface area contributed by atoms with Gasteiger partial charge in [0.2, 0.25) is 0 Å². The number of aliphatic hydroxyl groups is 2. The molecule has 144 valence electrons. The van der Waals surface area contributed by atoms with E-state index in [-0.39, 0.29) is 18.8 Å². The number of nitrogens with one attached hydrogen (secondary N) is 1. The molecule has 1 fully saturated rings. The van der Waals surface area contributed by atoms with Gasteiger partial charge in [-0.25, -0.2) is 0 Å². The molecule has 24 heavy (non-hydrogen) atoms. The van der Waals surface area contributed by atoms with Crippen molar-refractivity contribution in [1.82, 2.24) is 5.32 Å². The first-order chi connectivity index (χ1) is 11.7. The summed E-state index contributed by atoms with van der Waals surface area (Å²) < 4.78 is 26.9. The quantitative estimate of drug-likeness (QED) is 0.370. The molecule has 5 atom stereocenters. The first-order valence-corrected chi connectivity index (χ1v) is 8.59. The van der Waals surface area contributed by atoms with Crippen LogP contribution in [0.4, 0.5) is 0 Å².